The molecule has 63 heavy (non-hydrogen) atoms. The van der Waals surface area contributed by atoms with Crippen molar-refractivity contribution < 1.29 is 13.5 Å². The third kappa shape index (κ3) is 9.87. The largest absolute Gasteiger partial charge is 0.768 e. The van der Waals surface area contributed by atoms with Gasteiger partial charge in [0.25, 0.3) is 0 Å². The second-order valence-corrected chi connectivity index (χ2v) is 27.2. The van der Waals surface area contributed by atoms with Crippen molar-refractivity contribution in [3.8, 4) is 5.75 Å². The smallest absolute Gasteiger partial charge is 0.127 e. The molecular weight excluding hydrogens is 789 g/mol. The summed E-state index contributed by atoms with van der Waals surface area (Å²) in [6.07, 6.45) is 20.6. The Bertz CT molecular complexity index is 1670. The maximum absolute atomic E-state index is 14.9. The summed E-state index contributed by atoms with van der Waals surface area (Å²) in [6.45, 7) is 37.4. The second kappa shape index (κ2) is 20.4. The molecule has 0 N–H and O–H groups in total. The van der Waals surface area contributed by atoms with Gasteiger partial charge in [0.05, 0.1) is 0 Å². The van der Waals surface area contributed by atoms with E-state index in [2.05, 4.69) is 104 Å². The van der Waals surface area contributed by atoms with Gasteiger partial charge in [-0.05, 0) is 211 Å². The zero-order chi connectivity index (χ0) is 45.8. The molecule has 0 aromatic heterocycles. The van der Waals surface area contributed by atoms with Crippen molar-refractivity contribution in [2.75, 3.05) is 0 Å². The molecule has 5 fully saturated rings. The zero-order valence-electron chi connectivity index (χ0n) is 43.7. The van der Waals surface area contributed by atoms with Crippen molar-refractivity contribution in [3.63, 3.8) is 0 Å². The highest BCUT2D eigenvalue weighted by Crippen LogP contribution is 2.64. The molecule has 0 radical (unpaired) electrons. The fraction of sp³-hybridized carbons (Fsp3) is 0.898. The van der Waals surface area contributed by atoms with Gasteiger partial charge in [-0.2, -0.15) is 0 Å². The van der Waals surface area contributed by atoms with E-state index in [1.54, 1.807) is 0 Å². The molecular formula is C59H99O3S-. The molecule has 1 aromatic rings. The molecule has 0 amide bonds. The zero-order valence-corrected chi connectivity index (χ0v) is 44.5. The first-order chi connectivity index (χ1) is 29.7. The maximum atomic E-state index is 14.9. The minimum absolute atomic E-state index is 0.236. The maximum Gasteiger partial charge on any atom is 0.127 e. The van der Waals surface area contributed by atoms with Crippen molar-refractivity contribution in [3.05, 3.63) is 22.3 Å². The molecule has 0 bridgehead atoms. The van der Waals surface area contributed by atoms with Gasteiger partial charge >= 0.3 is 0 Å². The summed E-state index contributed by atoms with van der Waals surface area (Å²) in [4.78, 5) is 0.785. The van der Waals surface area contributed by atoms with Gasteiger partial charge in [-0.15, -0.1) is 0 Å². The molecule has 0 saturated heterocycles. The van der Waals surface area contributed by atoms with Gasteiger partial charge < -0.3 is 9.29 Å². The first-order valence-electron chi connectivity index (χ1n) is 27.8. The standard InChI is InChI=1S/C59H100O3S/c1-33(2)43-21-16-38(11)28-49(43)54-48-26-27-59(52-31-41(14)19-24-46(52)36(7)8,53-32-42(15)20-25-47(53)37(9)10)62-57(48)55(50-29-39(12)17-22-44(50)34(3)4)56(58(54)63(60)61)51-30-40(13)18-23-45(51)35(5)6/h33-47,49-53H,16-32H2,1-15H3,(H,60,61)/p-1. The summed E-state index contributed by atoms with van der Waals surface area (Å²) < 4.78 is 38.7. The van der Waals surface area contributed by atoms with E-state index in [1.807, 2.05) is 0 Å². The minimum Gasteiger partial charge on any atom is -0.768 e. The molecule has 360 valence electrons. The van der Waals surface area contributed by atoms with Gasteiger partial charge in [0, 0.05) is 22.3 Å². The summed E-state index contributed by atoms with van der Waals surface area (Å²) in [5, 5.41) is 0. The van der Waals surface area contributed by atoms with E-state index in [9.17, 15) is 8.76 Å². The van der Waals surface area contributed by atoms with E-state index in [0.717, 1.165) is 37.0 Å². The first kappa shape index (κ1) is 50.0. The molecule has 4 heteroatoms. The molecule has 1 aromatic carbocycles. The second-order valence-electron chi connectivity index (χ2n) is 26.3. The van der Waals surface area contributed by atoms with Gasteiger partial charge in [-0.1, -0.05) is 136 Å². The van der Waals surface area contributed by atoms with Gasteiger partial charge in [-0.25, -0.2) is 0 Å². The van der Waals surface area contributed by atoms with E-state index >= 15 is 0 Å². The van der Waals surface area contributed by atoms with Crippen LogP contribution in [0.3, 0.4) is 0 Å². The number of hydrogen-bond acceptors (Lipinski definition) is 3. The molecule has 16 atom stereocenters. The van der Waals surface area contributed by atoms with Crippen LogP contribution in [0.25, 0.3) is 0 Å². The number of hydrogen-bond donors (Lipinski definition) is 0. The Hall–Kier alpha value is -0.870. The first-order valence-corrected chi connectivity index (χ1v) is 28.8. The minimum atomic E-state index is -2.34. The molecule has 5 aliphatic carbocycles. The van der Waals surface area contributed by atoms with Crippen LogP contribution in [0.15, 0.2) is 4.90 Å². The number of fused-ring (bicyclic) bond motifs is 1. The topological polar surface area (TPSA) is 49.4 Å². The van der Waals surface area contributed by atoms with Crippen LogP contribution >= 0.6 is 0 Å². The summed E-state index contributed by atoms with van der Waals surface area (Å²) >= 11 is -2.34. The fourth-order valence-corrected chi connectivity index (χ4v) is 17.9. The Morgan fingerprint density at radius 1 is 0.476 bits per heavy atom. The summed E-state index contributed by atoms with van der Waals surface area (Å²) in [5.74, 6) is 11.9. The van der Waals surface area contributed by atoms with Crippen LogP contribution in [0.2, 0.25) is 0 Å². The Labute approximate surface area is 392 Å². The van der Waals surface area contributed by atoms with E-state index in [1.165, 1.54) is 105 Å². The predicted octanol–water partition coefficient (Wildman–Crippen LogP) is 16.9. The Morgan fingerprint density at radius 2 is 0.810 bits per heavy atom. The van der Waals surface area contributed by atoms with Crippen molar-refractivity contribution >= 4 is 11.1 Å². The lowest BCUT2D eigenvalue weighted by atomic mass is 9.52. The van der Waals surface area contributed by atoms with Gasteiger partial charge in [-0.3, -0.25) is 4.21 Å². The molecule has 3 nitrogen and oxygen atoms in total. The quantitative estimate of drug-likeness (QED) is 0.208. The van der Waals surface area contributed by atoms with E-state index in [-0.39, 0.29) is 17.4 Å². The summed E-state index contributed by atoms with van der Waals surface area (Å²) in [6, 6.07) is 0. The number of ether oxygens (including phenoxy) is 1. The van der Waals surface area contributed by atoms with Crippen molar-refractivity contribution in [1.82, 2.24) is 0 Å². The molecule has 0 spiro atoms. The van der Waals surface area contributed by atoms with Crippen LogP contribution in [0, 0.1) is 101 Å². The third-order valence-corrected chi connectivity index (χ3v) is 21.1. The van der Waals surface area contributed by atoms with E-state index < -0.39 is 11.1 Å². The Balaban J connectivity index is 1.64. The average Bonchev–Trinajstić information content (AvgIpc) is 3.21. The molecule has 5 saturated carbocycles. The molecule has 16 unspecified atom stereocenters. The molecule has 1 heterocycles. The van der Waals surface area contributed by atoms with Crippen LogP contribution in [0.1, 0.15) is 247 Å². The Morgan fingerprint density at radius 3 is 1.17 bits per heavy atom. The van der Waals surface area contributed by atoms with Crippen LogP contribution in [0.4, 0.5) is 0 Å². The van der Waals surface area contributed by atoms with Gasteiger partial charge in [0.2, 0.25) is 0 Å². The Kier molecular flexibility index (Phi) is 16.2. The van der Waals surface area contributed by atoms with E-state index in [0.29, 0.717) is 107 Å². The van der Waals surface area contributed by atoms with Crippen molar-refractivity contribution in [2.45, 2.75) is 241 Å². The molecule has 1 aliphatic heterocycles. The van der Waals surface area contributed by atoms with Crippen molar-refractivity contribution in [2.24, 2.45) is 101 Å². The highest BCUT2D eigenvalue weighted by Gasteiger charge is 2.58. The highest BCUT2D eigenvalue weighted by molar-refractivity contribution is 7.79. The van der Waals surface area contributed by atoms with Gasteiger partial charge in [0.15, 0.2) is 0 Å². The lowest BCUT2D eigenvalue weighted by Crippen LogP contribution is -2.60. The average molecular weight is 889 g/mol. The van der Waals surface area contributed by atoms with Crippen molar-refractivity contribution in [1.29, 1.82) is 0 Å². The lowest BCUT2D eigenvalue weighted by Gasteiger charge is -2.59. The summed E-state index contributed by atoms with van der Waals surface area (Å²) in [7, 11) is 0. The third-order valence-electron chi connectivity index (χ3n) is 20.3. The number of rotatable bonds is 11. The van der Waals surface area contributed by atoms with Gasteiger partial charge in [0.1, 0.15) is 11.4 Å². The monoisotopic (exact) mass is 888 g/mol. The lowest BCUT2D eigenvalue weighted by molar-refractivity contribution is -0.141. The van der Waals surface area contributed by atoms with E-state index in [4.69, 9.17) is 4.74 Å². The fourth-order valence-electron chi connectivity index (χ4n) is 17.0. The molecule has 7 rings (SSSR count). The van der Waals surface area contributed by atoms with Crippen LogP contribution < -0.4 is 4.74 Å². The predicted molar refractivity (Wildman–Crippen MR) is 267 cm³/mol. The number of benzene rings is 1. The highest BCUT2D eigenvalue weighted by atomic mass is 32.2. The summed E-state index contributed by atoms with van der Waals surface area (Å²) in [5.41, 5.74) is 5.11. The normalized spacial score (nSPS) is 41.0. The molecule has 6 aliphatic rings. The SMILES string of the molecule is CC1CCC(C(C)C)C(c2c3c(c(C4CC(C)CCC4C(C)C)c(S(=O)[O-])c2C2CC(C)CCC2C(C)C)CCC(C2CC(C)CCC2C(C)C)(C2CC(C)CCC2C(C)C)O3)C1. The van der Waals surface area contributed by atoms with Crippen LogP contribution in [0.5, 0.6) is 5.75 Å². The van der Waals surface area contributed by atoms with Crippen LogP contribution in [-0.2, 0) is 17.5 Å². The van der Waals surface area contributed by atoms with Crippen LogP contribution in [-0.4, -0.2) is 14.4 Å².